The van der Waals surface area contributed by atoms with Crippen molar-refractivity contribution < 1.29 is 22.0 Å². The first-order valence-electron chi connectivity index (χ1n) is 4.81. The van der Waals surface area contributed by atoms with E-state index in [-0.39, 0.29) is 5.56 Å². The van der Waals surface area contributed by atoms with Gasteiger partial charge in [0.05, 0.1) is 5.56 Å². The molecule has 0 nitrogen and oxygen atoms in total. The third-order valence-electron chi connectivity index (χ3n) is 2.44. The van der Waals surface area contributed by atoms with E-state index in [0.29, 0.717) is 5.30 Å². The van der Waals surface area contributed by atoms with E-state index in [0.717, 1.165) is 0 Å². The van der Waals surface area contributed by atoms with Crippen LogP contribution in [0.4, 0.5) is 22.0 Å². The van der Waals surface area contributed by atoms with Crippen LogP contribution in [0.1, 0.15) is 0 Å². The van der Waals surface area contributed by atoms with Crippen molar-refractivity contribution >= 4 is 14.5 Å². The van der Waals surface area contributed by atoms with E-state index >= 15 is 0 Å². The SMILES string of the molecule is Fc1c(F)c(F)c(-c2ccccc2P)c(F)c1F. The molecule has 0 spiro atoms. The number of hydrogen-bond donors (Lipinski definition) is 0. The molecule has 0 aliphatic rings. The minimum absolute atomic E-state index is 0.0599. The fourth-order valence-corrected chi connectivity index (χ4v) is 1.92. The zero-order chi connectivity index (χ0) is 13.4. The zero-order valence-corrected chi connectivity index (χ0v) is 9.93. The smallest absolute Gasteiger partial charge is 0.200 e. The molecule has 0 saturated carbocycles. The summed E-state index contributed by atoms with van der Waals surface area (Å²) in [6, 6.07) is 5.79. The Morgan fingerprint density at radius 3 is 1.61 bits per heavy atom. The minimum atomic E-state index is -2.16. The van der Waals surface area contributed by atoms with E-state index in [2.05, 4.69) is 9.24 Å². The molecule has 0 saturated heterocycles. The highest BCUT2D eigenvalue weighted by atomic mass is 31.0. The van der Waals surface area contributed by atoms with Gasteiger partial charge < -0.3 is 0 Å². The molecule has 0 amide bonds. The average molecular weight is 276 g/mol. The first-order valence-corrected chi connectivity index (χ1v) is 5.39. The fourth-order valence-electron chi connectivity index (χ4n) is 1.57. The van der Waals surface area contributed by atoms with Crippen LogP contribution < -0.4 is 5.30 Å². The first kappa shape index (κ1) is 13.0. The lowest BCUT2D eigenvalue weighted by Crippen LogP contribution is -2.07. The Labute approximate surface area is 102 Å². The standard InChI is InChI=1S/C12H6F5P/c13-8-7(5-3-1-2-4-6(5)18)9(14)11(16)12(17)10(8)15/h1-4H,18H2. The highest BCUT2D eigenvalue weighted by Crippen LogP contribution is 2.31. The Kier molecular flexibility index (Phi) is 3.35. The van der Waals surface area contributed by atoms with Gasteiger partial charge in [-0.3, -0.25) is 0 Å². The molecule has 0 N–H and O–H groups in total. The summed E-state index contributed by atoms with van der Waals surface area (Å²) in [5.74, 6) is -9.72. The molecule has 0 aromatic heterocycles. The molecule has 0 fully saturated rings. The molecule has 2 aromatic carbocycles. The van der Waals surface area contributed by atoms with Gasteiger partial charge in [0, 0.05) is 0 Å². The Morgan fingerprint density at radius 1 is 0.667 bits per heavy atom. The van der Waals surface area contributed by atoms with Crippen LogP contribution in [0.3, 0.4) is 0 Å². The lowest BCUT2D eigenvalue weighted by Gasteiger charge is -2.10. The molecule has 18 heavy (non-hydrogen) atoms. The van der Waals surface area contributed by atoms with Crippen LogP contribution >= 0.6 is 9.24 Å². The van der Waals surface area contributed by atoms with Crippen LogP contribution in [-0.2, 0) is 0 Å². The molecule has 6 heteroatoms. The van der Waals surface area contributed by atoms with Crippen molar-refractivity contribution in [2.75, 3.05) is 0 Å². The highest BCUT2D eigenvalue weighted by Gasteiger charge is 2.26. The van der Waals surface area contributed by atoms with Crippen LogP contribution in [-0.4, -0.2) is 0 Å². The second-order valence-electron chi connectivity index (χ2n) is 3.53. The molecule has 1 unspecified atom stereocenters. The summed E-state index contributed by atoms with van der Waals surface area (Å²) < 4.78 is 66.1. The van der Waals surface area contributed by atoms with Crippen LogP contribution in [0.2, 0.25) is 0 Å². The molecular weight excluding hydrogens is 270 g/mol. The lowest BCUT2D eigenvalue weighted by molar-refractivity contribution is 0.381. The molecule has 0 aliphatic carbocycles. The van der Waals surface area contributed by atoms with E-state index in [9.17, 15) is 22.0 Å². The molecular formula is C12H6F5P. The Morgan fingerprint density at radius 2 is 1.11 bits per heavy atom. The maximum atomic E-state index is 13.5. The quantitative estimate of drug-likeness (QED) is 0.323. The molecule has 94 valence electrons. The van der Waals surface area contributed by atoms with E-state index in [4.69, 9.17) is 0 Å². The summed E-state index contributed by atoms with van der Waals surface area (Å²) in [6.07, 6.45) is 0. The maximum absolute atomic E-state index is 13.5. The minimum Gasteiger partial charge on any atom is -0.203 e. The summed E-state index contributed by atoms with van der Waals surface area (Å²) in [6.45, 7) is 0. The summed E-state index contributed by atoms with van der Waals surface area (Å²) >= 11 is 0. The normalized spacial score (nSPS) is 10.8. The van der Waals surface area contributed by atoms with Gasteiger partial charge in [-0.1, -0.05) is 24.3 Å². The predicted octanol–water partition coefficient (Wildman–Crippen LogP) is 3.55. The third-order valence-corrected chi connectivity index (χ3v) is 2.94. The number of halogens is 5. The van der Waals surface area contributed by atoms with Gasteiger partial charge in [-0.15, -0.1) is 9.24 Å². The van der Waals surface area contributed by atoms with Gasteiger partial charge in [-0.25, -0.2) is 22.0 Å². The van der Waals surface area contributed by atoms with Crippen LogP contribution in [0.25, 0.3) is 11.1 Å². The van der Waals surface area contributed by atoms with Gasteiger partial charge in [0.25, 0.3) is 0 Å². The number of rotatable bonds is 1. The molecule has 0 heterocycles. The van der Waals surface area contributed by atoms with Crippen molar-refractivity contribution in [2.24, 2.45) is 0 Å². The van der Waals surface area contributed by atoms with E-state index in [1.807, 2.05) is 0 Å². The fraction of sp³-hybridized carbons (Fsp3) is 0. The molecule has 0 aliphatic heterocycles. The van der Waals surface area contributed by atoms with Crippen molar-refractivity contribution in [1.29, 1.82) is 0 Å². The lowest BCUT2D eigenvalue weighted by atomic mass is 10.0. The largest absolute Gasteiger partial charge is 0.203 e. The molecule has 0 radical (unpaired) electrons. The third kappa shape index (κ3) is 1.89. The van der Waals surface area contributed by atoms with E-state index in [1.54, 1.807) is 6.07 Å². The molecule has 0 bridgehead atoms. The van der Waals surface area contributed by atoms with Crippen LogP contribution in [0, 0.1) is 29.1 Å². The van der Waals surface area contributed by atoms with E-state index < -0.39 is 34.6 Å². The summed E-state index contributed by atoms with van der Waals surface area (Å²) in [5, 5.41) is 0.334. The summed E-state index contributed by atoms with van der Waals surface area (Å²) in [4.78, 5) is 0. The van der Waals surface area contributed by atoms with Gasteiger partial charge in [0.1, 0.15) is 0 Å². The molecule has 2 rings (SSSR count). The zero-order valence-electron chi connectivity index (χ0n) is 8.78. The second-order valence-corrected chi connectivity index (χ2v) is 4.15. The number of hydrogen-bond acceptors (Lipinski definition) is 0. The Bertz CT molecular complexity index is 595. The van der Waals surface area contributed by atoms with Crippen molar-refractivity contribution in [3.05, 3.63) is 53.4 Å². The van der Waals surface area contributed by atoms with Gasteiger partial charge in [0.15, 0.2) is 23.3 Å². The predicted molar refractivity (Wildman–Crippen MR) is 61.0 cm³/mol. The van der Waals surface area contributed by atoms with Crippen molar-refractivity contribution in [1.82, 2.24) is 0 Å². The van der Waals surface area contributed by atoms with Crippen LogP contribution in [0.15, 0.2) is 24.3 Å². The van der Waals surface area contributed by atoms with Gasteiger partial charge in [-0.2, -0.15) is 0 Å². The highest BCUT2D eigenvalue weighted by molar-refractivity contribution is 7.28. The van der Waals surface area contributed by atoms with Crippen molar-refractivity contribution in [2.45, 2.75) is 0 Å². The van der Waals surface area contributed by atoms with Crippen LogP contribution in [0.5, 0.6) is 0 Å². The van der Waals surface area contributed by atoms with Gasteiger partial charge in [-0.05, 0) is 10.9 Å². The maximum Gasteiger partial charge on any atom is 0.200 e. The Balaban J connectivity index is 2.85. The Hall–Kier alpha value is -1.48. The second kappa shape index (κ2) is 4.65. The topological polar surface area (TPSA) is 0 Å². The first-order chi connectivity index (χ1) is 8.45. The monoisotopic (exact) mass is 276 g/mol. The average Bonchev–Trinajstić information content (AvgIpc) is 2.36. The van der Waals surface area contributed by atoms with Crippen molar-refractivity contribution in [3.63, 3.8) is 0 Å². The van der Waals surface area contributed by atoms with Gasteiger partial charge in [0.2, 0.25) is 5.82 Å². The van der Waals surface area contributed by atoms with E-state index in [1.165, 1.54) is 18.2 Å². The van der Waals surface area contributed by atoms with Crippen molar-refractivity contribution in [3.8, 4) is 11.1 Å². The molecule has 1 atom stereocenters. The number of benzene rings is 2. The van der Waals surface area contributed by atoms with Gasteiger partial charge >= 0.3 is 0 Å². The molecule has 2 aromatic rings. The summed E-state index contributed by atoms with van der Waals surface area (Å²) in [5.41, 5.74) is -0.979. The summed E-state index contributed by atoms with van der Waals surface area (Å²) in [7, 11) is 2.18.